The van der Waals surface area contributed by atoms with Crippen molar-refractivity contribution < 1.29 is 19.1 Å². The summed E-state index contributed by atoms with van der Waals surface area (Å²) in [5.41, 5.74) is 2.42. The van der Waals surface area contributed by atoms with Crippen molar-refractivity contribution in [2.45, 2.75) is 75.5 Å². The highest BCUT2D eigenvalue weighted by Gasteiger charge is 2.46. The Bertz CT molecular complexity index is 1230. The second-order valence-corrected chi connectivity index (χ2v) is 11.8. The molecule has 0 spiro atoms. The molecule has 0 amide bonds. The number of hydrogen-bond donors (Lipinski definition) is 0. The van der Waals surface area contributed by atoms with Gasteiger partial charge in [0, 0.05) is 12.1 Å². The lowest BCUT2D eigenvalue weighted by Crippen LogP contribution is -2.47. The summed E-state index contributed by atoms with van der Waals surface area (Å²) in [5, 5.41) is 22.7. The van der Waals surface area contributed by atoms with E-state index in [1.54, 1.807) is 48.5 Å². The minimum atomic E-state index is -0.361. The number of nitrogens with zero attached hydrogens (tertiary/aromatic N) is 8. The van der Waals surface area contributed by atoms with E-state index in [1.165, 1.54) is 39.9 Å². The van der Waals surface area contributed by atoms with Gasteiger partial charge in [0.25, 0.3) is 0 Å². The van der Waals surface area contributed by atoms with Crippen LogP contribution in [0.15, 0.2) is 69.2 Å². The van der Waals surface area contributed by atoms with Crippen LogP contribution in [-0.4, -0.2) is 90.1 Å². The van der Waals surface area contributed by atoms with Crippen LogP contribution in [0.25, 0.3) is 0 Å². The summed E-state index contributed by atoms with van der Waals surface area (Å²) in [6.45, 7) is 2.34. The summed E-state index contributed by atoms with van der Waals surface area (Å²) in [7, 11) is 2.76. The molecule has 0 bridgehead atoms. The molecule has 2 aromatic rings. The maximum absolute atomic E-state index is 11.8. The maximum Gasteiger partial charge on any atom is 0.337 e. The number of ether oxygens (including phenoxy) is 2. The van der Waals surface area contributed by atoms with Crippen LogP contribution in [0.3, 0.4) is 0 Å². The minimum absolute atomic E-state index is 0.348. The van der Waals surface area contributed by atoms with Gasteiger partial charge in [-0.1, -0.05) is 36.1 Å². The van der Waals surface area contributed by atoms with Gasteiger partial charge in [-0.15, -0.1) is 10.2 Å². The highest BCUT2D eigenvalue weighted by atomic mass is 16.5. The van der Waals surface area contributed by atoms with Crippen molar-refractivity contribution in [3.63, 3.8) is 0 Å². The van der Waals surface area contributed by atoms with Gasteiger partial charge in [0.1, 0.15) is 0 Å². The first-order valence-corrected chi connectivity index (χ1v) is 15.3. The Morgan fingerprint density at radius 1 is 0.628 bits per heavy atom. The number of benzene rings is 2. The van der Waals surface area contributed by atoms with Crippen LogP contribution < -0.4 is 0 Å². The highest BCUT2D eigenvalue weighted by molar-refractivity contribution is 5.90. The molecule has 2 aromatic carbocycles. The summed E-state index contributed by atoms with van der Waals surface area (Å²) >= 11 is 0. The number of carbonyl (C=O) groups is 2. The van der Waals surface area contributed by atoms with Gasteiger partial charge in [0.2, 0.25) is 0 Å². The van der Waals surface area contributed by atoms with Crippen LogP contribution in [0.1, 0.15) is 72.1 Å². The van der Waals surface area contributed by atoms with Crippen LogP contribution >= 0.6 is 0 Å². The third-order valence-corrected chi connectivity index (χ3v) is 9.23. The Kier molecular flexibility index (Phi) is 8.94. The van der Waals surface area contributed by atoms with Crippen molar-refractivity contribution in [2.75, 3.05) is 34.2 Å². The minimum Gasteiger partial charge on any atom is -0.465 e. The Labute approximate surface area is 252 Å². The number of methoxy groups -OCH3 is 2. The largest absolute Gasteiger partial charge is 0.465 e. The summed E-state index contributed by atoms with van der Waals surface area (Å²) in [6, 6.07) is 15.6. The number of esters is 2. The normalized spacial score (nSPS) is 26.2. The van der Waals surface area contributed by atoms with Crippen molar-refractivity contribution in [1.29, 1.82) is 0 Å². The van der Waals surface area contributed by atoms with E-state index in [9.17, 15) is 9.59 Å². The summed E-state index contributed by atoms with van der Waals surface area (Å²) in [4.78, 5) is 28.7. The topological polar surface area (TPSA) is 115 Å². The van der Waals surface area contributed by atoms with E-state index < -0.39 is 0 Å². The Hall–Kier alpha value is -3.90. The zero-order chi connectivity index (χ0) is 29.8. The smallest absolute Gasteiger partial charge is 0.337 e. The molecule has 2 aliphatic carbocycles. The molecular weight excluding hydrogens is 548 g/mol. The molecule has 228 valence electrons. The summed E-state index contributed by atoms with van der Waals surface area (Å²) in [5.74, 6) is -0.722. The summed E-state index contributed by atoms with van der Waals surface area (Å²) in [6.07, 6.45) is 9.44. The van der Waals surface area contributed by atoms with E-state index >= 15 is 0 Å². The highest BCUT2D eigenvalue weighted by Crippen LogP contribution is 2.37. The molecule has 0 N–H and O–H groups in total. The lowest BCUT2D eigenvalue weighted by atomic mass is 9.90. The fourth-order valence-corrected chi connectivity index (χ4v) is 7.03. The van der Waals surface area contributed by atoms with E-state index in [1.807, 2.05) is 0 Å². The SMILES string of the molecule is COC(=O)c1ccc(N=NN2CN(CN3CN(N=Nc4ccc(C(=O)OC)cc4)C4CCCCC43)C3CCCCC32)cc1. The molecule has 4 aliphatic rings. The van der Waals surface area contributed by atoms with Gasteiger partial charge in [0.05, 0.1) is 68.8 Å². The van der Waals surface area contributed by atoms with E-state index in [2.05, 4.69) is 40.5 Å². The molecule has 2 saturated heterocycles. The maximum atomic E-state index is 11.8. The molecule has 6 rings (SSSR count). The standard InChI is InChI=1S/C31H40N8O4/c1-42-30(40)22-11-15-24(16-12-22)32-34-38-20-36(26-7-3-5-9-28(26)38)19-37-21-39(29-10-6-4-8-27(29)37)35-33-25-17-13-23(14-18-25)31(41)43-2/h11-18,26-29H,3-10,19-21H2,1-2H3. The van der Waals surface area contributed by atoms with Gasteiger partial charge in [-0.25, -0.2) is 9.59 Å². The number of hydrogen-bond acceptors (Lipinski definition) is 10. The average Bonchev–Trinajstić information content (AvgIpc) is 3.60. The molecule has 4 atom stereocenters. The first-order valence-electron chi connectivity index (χ1n) is 15.3. The number of rotatable bonds is 8. The van der Waals surface area contributed by atoms with Crippen molar-refractivity contribution in [3.8, 4) is 0 Å². The Morgan fingerprint density at radius 3 is 1.37 bits per heavy atom. The molecule has 2 saturated carbocycles. The monoisotopic (exact) mass is 588 g/mol. The van der Waals surface area contributed by atoms with E-state index in [0.29, 0.717) is 46.7 Å². The second-order valence-electron chi connectivity index (χ2n) is 11.8. The summed E-state index contributed by atoms with van der Waals surface area (Å²) < 4.78 is 9.58. The zero-order valence-electron chi connectivity index (χ0n) is 24.9. The van der Waals surface area contributed by atoms with Gasteiger partial charge in [-0.3, -0.25) is 19.8 Å². The van der Waals surface area contributed by atoms with Gasteiger partial charge in [-0.2, -0.15) is 0 Å². The lowest BCUT2D eigenvalue weighted by molar-refractivity contribution is 0.0592. The molecule has 4 fully saturated rings. The lowest BCUT2D eigenvalue weighted by Gasteiger charge is -2.35. The molecule has 0 radical (unpaired) electrons. The van der Waals surface area contributed by atoms with Crippen molar-refractivity contribution >= 4 is 23.3 Å². The Morgan fingerprint density at radius 2 is 1.00 bits per heavy atom. The predicted molar refractivity (Wildman–Crippen MR) is 159 cm³/mol. The second kappa shape index (κ2) is 13.2. The third kappa shape index (κ3) is 6.40. The van der Waals surface area contributed by atoms with Crippen LogP contribution in [0.2, 0.25) is 0 Å². The first-order chi connectivity index (χ1) is 21.0. The van der Waals surface area contributed by atoms with Crippen molar-refractivity contribution in [2.24, 2.45) is 20.7 Å². The molecule has 4 unspecified atom stereocenters. The molecular formula is C31H40N8O4. The van der Waals surface area contributed by atoms with Gasteiger partial charge in [-0.05, 0) is 74.2 Å². The van der Waals surface area contributed by atoms with Gasteiger partial charge < -0.3 is 9.47 Å². The molecule has 0 aromatic heterocycles. The van der Waals surface area contributed by atoms with Gasteiger partial charge >= 0.3 is 11.9 Å². The Balaban J connectivity index is 1.12. The number of carbonyl (C=O) groups excluding carboxylic acids is 2. The fraction of sp³-hybridized carbons (Fsp3) is 0.548. The van der Waals surface area contributed by atoms with E-state index in [4.69, 9.17) is 9.47 Å². The van der Waals surface area contributed by atoms with Gasteiger partial charge in [0.15, 0.2) is 0 Å². The van der Waals surface area contributed by atoms with E-state index in [-0.39, 0.29) is 11.9 Å². The van der Waals surface area contributed by atoms with Crippen LogP contribution in [0.4, 0.5) is 11.4 Å². The molecule has 2 heterocycles. The molecule has 12 nitrogen and oxygen atoms in total. The van der Waals surface area contributed by atoms with Crippen molar-refractivity contribution in [3.05, 3.63) is 59.7 Å². The van der Waals surface area contributed by atoms with Crippen LogP contribution in [0.5, 0.6) is 0 Å². The van der Waals surface area contributed by atoms with Crippen LogP contribution in [-0.2, 0) is 9.47 Å². The average molecular weight is 589 g/mol. The number of fused-ring (bicyclic) bond motifs is 2. The quantitative estimate of drug-likeness (QED) is 0.286. The molecule has 12 heteroatoms. The van der Waals surface area contributed by atoms with E-state index in [0.717, 1.165) is 45.7 Å². The van der Waals surface area contributed by atoms with Crippen LogP contribution in [0, 0.1) is 0 Å². The zero-order valence-corrected chi connectivity index (χ0v) is 24.9. The first kappa shape index (κ1) is 29.2. The predicted octanol–water partition coefficient (Wildman–Crippen LogP) is 5.69. The third-order valence-electron chi connectivity index (χ3n) is 9.23. The van der Waals surface area contributed by atoms with Crippen molar-refractivity contribution in [1.82, 2.24) is 19.8 Å². The molecule has 43 heavy (non-hydrogen) atoms. The molecule has 2 aliphatic heterocycles. The fourth-order valence-electron chi connectivity index (χ4n) is 7.03.